The number of carbonyl (C=O) groups excluding carboxylic acids is 2. The van der Waals surface area contributed by atoms with Gasteiger partial charge >= 0.3 is 0 Å². The lowest BCUT2D eigenvalue weighted by Gasteiger charge is -2.22. The Morgan fingerprint density at radius 2 is 1.66 bits per heavy atom. The van der Waals surface area contributed by atoms with Crippen LogP contribution in [0.15, 0.2) is 48.5 Å². The summed E-state index contributed by atoms with van der Waals surface area (Å²) in [5.41, 5.74) is 2.69. The van der Waals surface area contributed by atoms with Crippen LogP contribution in [-0.4, -0.2) is 31.0 Å². The molecule has 0 radical (unpaired) electrons. The Morgan fingerprint density at radius 3 is 2.31 bits per heavy atom. The Bertz CT molecular complexity index is 800. The zero-order valence-corrected chi connectivity index (χ0v) is 17.8. The molecular weight excluding hydrogens is 364 g/mol. The SMILES string of the molecule is Cc1ccc(OCCCCNC(=O)C(NC(=O)c2ccccc2C)C(C)C)cc1. The number of benzene rings is 2. The summed E-state index contributed by atoms with van der Waals surface area (Å²) in [6.45, 7) is 8.95. The van der Waals surface area contributed by atoms with Crippen LogP contribution in [-0.2, 0) is 4.79 Å². The van der Waals surface area contributed by atoms with Gasteiger partial charge in [-0.3, -0.25) is 9.59 Å². The van der Waals surface area contributed by atoms with E-state index in [1.165, 1.54) is 5.56 Å². The van der Waals surface area contributed by atoms with Gasteiger partial charge in [0, 0.05) is 12.1 Å². The zero-order valence-electron chi connectivity index (χ0n) is 17.8. The van der Waals surface area contributed by atoms with E-state index in [9.17, 15) is 9.59 Å². The fraction of sp³-hybridized carbons (Fsp3) is 0.417. The van der Waals surface area contributed by atoms with E-state index in [4.69, 9.17) is 4.74 Å². The molecule has 0 heterocycles. The van der Waals surface area contributed by atoms with Gasteiger partial charge in [0.1, 0.15) is 11.8 Å². The number of carbonyl (C=O) groups is 2. The normalized spacial score (nSPS) is 11.8. The monoisotopic (exact) mass is 396 g/mol. The van der Waals surface area contributed by atoms with Crippen molar-refractivity contribution in [2.24, 2.45) is 5.92 Å². The number of hydrogen-bond acceptors (Lipinski definition) is 3. The average Bonchev–Trinajstić information content (AvgIpc) is 2.69. The van der Waals surface area contributed by atoms with E-state index in [1.807, 2.05) is 70.2 Å². The van der Waals surface area contributed by atoms with Gasteiger partial charge in [-0.25, -0.2) is 0 Å². The van der Waals surface area contributed by atoms with Crippen molar-refractivity contribution in [2.75, 3.05) is 13.2 Å². The fourth-order valence-corrected chi connectivity index (χ4v) is 2.95. The molecule has 0 saturated heterocycles. The first-order valence-electron chi connectivity index (χ1n) is 10.2. The average molecular weight is 397 g/mol. The second-order valence-electron chi connectivity index (χ2n) is 7.67. The summed E-state index contributed by atoms with van der Waals surface area (Å²) >= 11 is 0. The quantitative estimate of drug-likeness (QED) is 0.596. The van der Waals surface area contributed by atoms with Gasteiger partial charge in [-0.15, -0.1) is 0 Å². The molecule has 0 bridgehead atoms. The van der Waals surface area contributed by atoms with Crippen molar-refractivity contribution < 1.29 is 14.3 Å². The minimum Gasteiger partial charge on any atom is -0.494 e. The molecule has 0 aliphatic heterocycles. The highest BCUT2D eigenvalue weighted by atomic mass is 16.5. The molecule has 2 aromatic carbocycles. The highest BCUT2D eigenvalue weighted by Gasteiger charge is 2.24. The second kappa shape index (κ2) is 11.2. The van der Waals surface area contributed by atoms with Gasteiger partial charge in [-0.05, 0) is 56.4 Å². The van der Waals surface area contributed by atoms with Crippen LogP contribution in [0, 0.1) is 19.8 Å². The van der Waals surface area contributed by atoms with Crippen molar-refractivity contribution in [3.8, 4) is 5.75 Å². The lowest BCUT2D eigenvalue weighted by molar-refractivity contribution is -0.123. The third-order valence-electron chi connectivity index (χ3n) is 4.79. The minimum atomic E-state index is -0.564. The van der Waals surface area contributed by atoms with Crippen LogP contribution in [0.4, 0.5) is 0 Å². The van der Waals surface area contributed by atoms with E-state index in [0.717, 1.165) is 24.2 Å². The van der Waals surface area contributed by atoms with Gasteiger partial charge in [-0.1, -0.05) is 49.7 Å². The van der Waals surface area contributed by atoms with Crippen LogP contribution in [0.2, 0.25) is 0 Å². The molecule has 0 aliphatic rings. The Morgan fingerprint density at radius 1 is 0.966 bits per heavy atom. The van der Waals surface area contributed by atoms with Crippen LogP contribution in [0.1, 0.15) is 48.2 Å². The number of amides is 2. The van der Waals surface area contributed by atoms with Crippen molar-refractivity contribution >= 4 is 11.8 Å². The van der Waals surface area contributed by atoms with Gasteiger partial charge in [0.15, 0.2) is 0 Å². The summed E-state index contributed by atoms with van der Waals surface area (Å²) in [4.78, 5) is 25.1. The predicted octanol–water partition coefficient (Wildman–Crippen LogP) is 4.03. The molecule has 0 fully saturated rings. The molecule has 2 aromatic rings. The maximum absolute atomic E-state index is 12.6. The fourth-order valence-electron chi connectivity index (χ4n) is 2.95. The topological polar surface area (TPSA) is 67.4 Å². The molecule has 0 spiro atoms. The van der Waals surface area contributed by atoms with E-state index in [-0.39, 0.29) is 17.7 Å². The maximum atomic E-state index is 12.6. The van der Waals surface area contributed by atoms with Crippen LogP contribution >= 0.6 is 0 Å². The van der Waals surface area contributed by atoms with Gasteiger partial charge in [0.05, 0.1) is 6.61 Å². The molecular formula is C24H32N2O3. The molecule has 156 valence electrons. The van der Waals surface area contributed by atoms with E-state index in [1.54, 1.807) is 6.07 Å². The first-order chi connectivity index (χ1) is 13.9. The molecule has 5 nitrogen and oxygen atoms in total. The number of nitrogens with one attached hydrogen (secondary N) is 2. The van der Waals surface area contributed by atoms with Crippen LogP contribution in [0.25, 0.3) is 0 Å². The third-order valence-corrected chi connectivity index (χ3v) is 4.79. The smallest absolute Gasteiger partial charge is 0.252 e. The van der Waals surface area contributed by atoms with Crippen LogP contribution < -0.4 is 15.4 Å². The molecule has 2 N–H and O–H groups in total. The third kappa shape index (κ3) is 7.26. The molecule has 0 aromatic heterocycles. The molecule has 5 heteroatoms. The Labute approximate surface area is 173 Å². The van der Waals surface area contributed by atoms with Crippen molar-refractivity contribution in [1.82, 2.24) is 10.6 Å². The Hall–Kier alpha value is -2.82. The summed E-state index contributed by atoms with van der Waals surface area (Å²) < 4.78 is 5.70. The number of unbranched alkanes of at least 4 members (excludes halogenated alkanes) is 1. The summed E-state index contributed by atoms with van der Waals surface area (Å²) in [6.07, 6.45) is 1.66. The number of hydrogen-bond donors (Lipinski definition) is 2. The largest absolute Gasteiger partial charge is 0.494 e. The molecule has 2 amide bonds. The lowest BCUT2D eigenvalue weighted by atomic mass is 10.0. The minimum absolute atomic E-state index is 0.00663. The highest BCUT2D eigenvalue weighted by Crippen LogP contribution is 2.12. The summed E-state index contributed by atoms with van der Waals surface area (Å²) in [5.74, 6) is 0.482. The van der Waals surface area contributed by atoms with E-state index >= 15 is 0 Å². The van der Waals surface area contributed by atoms with Gasteiger partial charge in [0.2, 0.25) is 5.91 Å². The van der Waals surface area contributed by atoms with Crippen molar-refractivity contribution in [3.05, 3.63) is 65.2 Å². The van der Waals surface area contributed by atoms with Crippen LogP contribution in [0.3, 0.4) is 0 Å². The number of aryl methyl sites for hydroxylation is 2. The Balaban J connectivity index is 1.74. The summed E-state index contributed by atoms with van der Waals surface area (Å²) in [5, 5.41) is 5.81. The second-order valence-corrected chi connectivity index (χ2v) is 7.67. The first kappa shape index (κ1) is 22.5. The summed E-state index contributed by atoms with van der Waals surface area (Å²) in [7, 11) is 0. The van der Waals surface area contributed by atoms with Gasteiger partial charge < -0.3 is 15.4 Å². The first-order valence-corrected chi connectivity index (χ1v) is 10.2. The molecule has 1 atom stereocenters. The number of rotatable bonds is 10. The van der Waals surface area contributed by atoms with E-state index in [0.29, 0.717) is 18.7 Å². The standard InChI is InChI=1S/C24H32N2O3/c1-17(2)22(26-23(27)21-10-6-5-9-19(21)4)24(28)25-15-7-8-16-29-20-13-11-18(3)12-14-20/h5-6,9-14,17,22H,7-8,15-16H2,1-4H3,(H,25,28)(H,26,27). The van der Waals surface area contributed by atoms with Crippen molar-refractivity contribution in [2.45, 2.75) is 46.6 Å². The number of ether oxygens (including phenoxy) is 1. The van der Waals surface area contributed by atoms with Gasteiger partial charge in [-0.2, -0.15) is 0 Å². The Kier molecular flexibility index (Phi) is 8.71. The zero-order chi connectivity index (χ0) is 21.2. The maximum Gasteiger partial charge on any atom is 0.252 e. The highest BCUT2D eigenvalue weighted by molar-refractivity contribution is 5.98. The molecule has 0 aliphatic carbocycles. The lowest BCUT2D eigenvalue weighted by Crippen LogP contribution is -2.50. The molecule has 2 rings (SSSR count). The van der Waals surface area contributed by atoms with Crippen LogP contribution in [0.5, 0.6) is 5.75 Å². The van der Waals surface area contributed by atoms with Crippen molar-refractivity contribution in [1.29, 1.82) is 0 Å². The molecule has 29 heavy (non-hydrogen) atoms. The summed E-state index contributed by atoms with van der Waals surface area (Å²) in [6, 6.07) is 14.8. The predicted molar refractivity (Wildman–Crippen MR) is 116 cm³/mol. The van der Waals surface area contributed by atoms with E-state index < -0.39 is 6.04 Å². The van der Waals surface area contributed by atoms with Gasteiger partial charge in [0.25, 0.3) is 5.91 Å². The molecule has 1 unspecified atom stereocenters. The van der Waals surface area contributed by atoms with Crippen molar-refractivity contribution in [3.63, 3.8) is 0 Å². The molecule has 0 saturated carbocycles. The van der Waals surface area contributed by atoms with E-state index in [2.05, 4.69) is 10.6 Å².